The molecule has 6 heteroatoms. The number of hydrogen-bond acceptors (Lipinski definition) is 3. The monoisotopic (exact) mass is 327 g/mol. The number of rotatable bonds is 4. The summed E-state index contributed by atoms with van der Waals surface area (Å²) < 4.78 is 2.59. The molecule has 0 aliphatic rings. The molecule has 104 valence electrons. The summed E-state index contributed by atoms with van der Waals surface area (Å²) in [6.07, 6.45) is 3.72. The predicted octanol–water partition coefficient (Wildman–Crippen LogP) is 2.10. The van der Waals surface area contributed by atoms with Gasteiger partial charge in [0.25, 0.3) is 5.56 Å². The van der Waals surface area contributed by atoms with Crippen LogP contribution in [0.25, 0.3) is 0 Å². The second kappa shape index (κ2) is 6.65. The average molecular weight is 328 g/mol. The lowest BCUT2D eigenvalue weighted by molar-refractivity contribution is 0.541. The molecule has 0 unspecified atom stereocenters. The van der Waals surface area contributed by atoms with Crippen LogP contribution in [0.2, 0.25) is 0 Å². The van der Waals surface area contributed by atoms with E-state index in [4.69, 9.17) is 0 Å². The topological polar surface area (TPSA) is 56.9 Å². The summed E-state index contributed by atoms with van der Waals surface area (Å²) in [4.78, 5) is 24.0. The Morgan fingerprint density at radius 3 is 2.16 bits per heavy atom. The van der Waals surface area contributed by atoms with Gasteiger partial charge in [0.1, 0.15) is 0 Å². The quantitative estimate of drug-likeness (QED) is 0.796. The Morgan fingerprint density at radius 2 is 1.63 bits per heavy atom. The third-order valence-electron chi connectivity index (χ3n) is 2.44. The zero-order chi connectivity index (χ0) is 14.6. The minimum absolute atomic E-state index is 0.149. The maximum Gasteiger partial charge on any atom is 0.348 e. The third-order valence-corrected chi connectivity index (χ3v) is 2.93. The summed E-state index contributed by atoms with van der Waals surface area (Å²) in [6.45, 7) is 8.34. The van der Waals surface area contributed by atoms with E-state index in [0.29, 0.717) is 6.54 Å². The molecule has 1 rings (SSSR count). The number of aromatic nitrogens is 3. The van der Waals surface area contributed by atoms with Crippen molar-refractivity contribution in [1.29, 1.82) is 0 Å². The minimum atomic E-state index is -0.407. The SMILES string of the molecule is CC(C)=CCn1nc(Br)c(=O)n(CC=C(C)C)c1=O. The summed E-state index contributed by atoms with van der Waals surface area (Å²) >= 11 is 3.10. The summed E-state index contributed by atoms with van der Waals surface area (Å²) in [5.74, 6) is 0. The lowest BCUT2D eigenvalue weighted by Crippen LogP contribution is -2.41. The normalized spacial score (nSPS) is 10.2. The van der Waals surface area contributed by atoms with Crippen LogP contribution in [0.3, 0.4) is 0 Å². The molecule has 1 aromatic rings. The third kappa shape index (κ3) is 4.31. The molecule has 19 heavy (non-hydrogen) atoms. The minimum Gasteiger partial charge on any atom is -0.266 e. The summed E-state index contributed by atoms with van der Waals surface area (Å²) in [5.41, 5.74) is 1.33. The van der Waals surface area contributed by atoms with Crippen molar-refractivity contribution in [1.82, 2.24) is 14.3 Å². The number of nitrogens with zero attached hydrogens (tertiary/aromatic N) is 3. The van der Waals surface area contributed by atoms with Gasteiger partial charge in [-0.2, -0.15) is 5.10 Å². The first kappa shape index (κ1) is 15.6. The lowest BCUT2D eigenvalue weighted by atomic mass is 10.3. The zero-order valence-corrected chi connectivity index (χ0v) is 13.2. The van der Waals surface area contributed by atoms with Crippen LogP contribution in [0.5, 0.6) is 0 Å². The Hall–Kier alpha value is -1.43. The molecule has 0 spiro atoms. The van der Waals surface area contributed by atoms with E-state index >= 15 is 0 Å². The smallest absolute Gasteiger partial charge is 0.266 e. The molecule has 0 atom stereocenters. The van der Waals surface area contributed by atoms with E-state index in [0.717, 1.165) is 11.1 Å². The molecule has 0 bridgehead atoms. The van der Waals surface area contributed by atoms with Crippen molar-refractivity contribution in [3.05, 3.63) is 48.7 Å². The average Bonchev–Trinajstić information content (AvgIpc) is 2.31. The van der Waals surface area contributed by atoms with Gasteiger partial charge in [-0.15, -0.1) is 0 Å². The highest BCUT2D eigenvalue weighted by molar-refractivity contribution is 9.10. The Bertz CT molecular complexity index is 630. The molecular formula is C13H18BrN3O2. The number of allylic oxidation sites excluding steroid dienone is 4. The molecule has 0 N–H and O–H groups in total. The van der Waals surface area contributed by atoms with Crippen LogP contribution in [-0.4, -0.2) is 14.3 Å². The molecule has 1 heterocycles. The van der Waals surface area contributed by atoms with E-state index in [-0.39, 0.29) is 11.1 Å². The van der Waals surface area contributed by atoms with Crippen LogP contribution < -0.4 is 11.2 Å². The van der Waals surface area contributed by atoms with Gasteiger partial charge in [-0.3, -0.25) is 9.36 Å². The first-order valence-electron chi connectivity index (χ1n) is 5.97. The van der Waals surface area contributed by atoms with Crippen LogP contribution in [0.1, 0.15) is 27.7 Å². The molecule has 0 saturated heterocycles. The maximum absolute atomic E-state index is 12.2. The van der Waals surface area contributed by atoms with Gasteiger partial charge in [0.15, 0.2) is 4.60 Å². The standard InChI is InChI=1S/C13H18BrN3O2/c1-9(2)5-7-16-12(18)11(14)15-17(13(16)19)8-6-10(3)4/h5-6H,7-8H2,1-4H3. The second-order valence-electron chi connectivity index (χ2n) is 4.73. The van der Waals surface area contributed by atoms with Gasteiger partial charge in [-0.1, -0.05) is 23.3 Å². The van der Waals surface area contributed by atoms with E-state index in [2.05, 4.69) is 21.0 Å². The Kier molecular flexibility index (Phi) is 5.47. The van der Waals surface area contributed by atoms with Gasteiger partial charge >= 0.3 is 5.69 Å². The summed E-state index contributed by atoms with van der Waals surface area (Å²) in [5, 5.41) is 3.95. The maximum atomic E-state index is 12.2. The van der Waals surface area contributed by atoms with Crippen molar-refractivity contribution in [3.63, 3.8) is 0 Å². The van der Waals surface area contributed by atoms with Crippen LogP contribution in [0.15, 0.2) is 37.5 Å². The van der Waals surface area contributed by atoms with Crippen molar-refractivity contribution >= 4 is 15.9 Å². The molecule has 0 amide bonds. The van der Waals surface area contributed by atoms with Crippen molar-refractivity contribution in [2.24, 2.45) is 0 Å². The Morgan fingerprint density at radius 1 is 1.11 bits per heavy atom. The molecular weight excluding hydrogens is 310 g/mol. The molecule has 0 saturated carbocycles. The summed E-state index contributed by atoms with van der Waals surface area (Å²) in [6, 6.07) is 0. The van der Waals surface area contributed by atoms with Gasteiger partial charge in [-0.25, -0.2) is 9.48 Å². The van der Waals surface area contributed by atoms with E-state index in [9.17, 15) is 9.59 Å². The zero-order valence-electron chi connectivity index (χ0n) is 11.6. The van der Waals surface area contributed by atoms with Gasteiger partial charge in [0, 0.05) is 6.54 Å². The highest BCUT2D eigenvalue weighted by atomic mass is 79.9. The first-order valence-corrected chi connectivity index (χ1v) is 6.76. The molecule has 0 aromatic carbocycles. The molecule has 0 fully saturated rings. The summed E-state index contributed by atoms with van der Waals surface area (Å²) in [7, 11) is 0. The van der Waals surface area contributed by atoms with Crippen LogP contribution in [0.4, 0.5) is 0 Å². The molecule has 0 aliphatic carbocycles. The fraction of sp³-hybridized carbons (Fsp3) is 0.462. The predicted molar refractivity (Wildman–Crippen MR) is 79.3 cm³/mol. The van der Waals surface area contributed by atoms with Crippen molar-refractivity contribution in [3.8, 4) is 0 Å². The van der Waals surface area contributed by atoms with Gasteiger partial charge < -0.3 is 0 Å². The molecule has 0 radical (unpaired) electrons. The fourth-order valence-electron chi connectivity index (χ4n) is 1.35. The van der Waals surface area contributed by atoms with Crippen molar-refractivity contribution in [2.75, 3.05) is 0 Å². The highest BCUT2D eigenvalue weighted by Crippen LogP contribution is 1.97. The lowest BCUT2D eigenvalue weighted by Gasteiger charge is -2.07. The van der Waals surface area contributed by atoms with Gasteiger partial charge in [0.05, 0.1) is 6.54 Å². The van der Waals surface area contributed by atoms with Crippen molar-refractivity contribution in [2.45, 2.75) is 40.8 Å². The van der Waals surface area contributed by atoms with E-state index < -0.39 is 11.2 Å². The van der Waals surface area contributed by atoms with E-state index in [1.54, 1.807) is 0 Å². The number of halogens is 1. The molecule has 0 aliphatic heterocycles. The van der Waals surface area contributed by atoms with Crippen LogP contribution in [-0.2, 0) is 13.1 Å². The van der Waals surface area contributed by atoms with E-state index in [1.165, 1.54) is 9.25 Å². The molecule has 1 aromatic heterocycles. The highest BCUT2D eigenvalue weighted by Gasteiger charge is 2.09. The Balaban J connectivity index is 3.31. The second-order valence-corrected chi connectivity index (χ2v) is 5.49. The number of hydrogen-bond donors (Lipinski definition) is 0. The van der Waals surface area contributed by atoms with E-state index in [1.807, 2.05) is 39.8 Å². The fourth-order valence-corrected chi connectivity index (χ4v) is 1.76. The van der Waals surface area contributed by atoms with Crippen LogP contribution in [0, 0.1) is 0 Å². The van der Waals surface area contributed by atoms with Crippen LogP contribution >= 0.6 is 15.9 Å². The van der Waals surface area contributed by atoms with Crippen molar-refractivity contribution < 1.29 is 0 Å². The first-order chi connectivity index (χ1) is 8.82. The largest absolute Gasteiger partial charge is 0.348 e. The van der Waals surface area contributed by atoms with Gasteiger partial charge in [0.2, 0.25) is 0 Å². The Labute approximate surface area is 120 Å². The van der Waals surface area contributed by atoms with Gasteiger partial charge in [-0.05, 0) is 43.6 Å². The molecule has 5 nitrogen and oxygen atoms in total.